The van der Waals surface area contributed by atoms with Crippen LogP contribution in [0.25, 0.3) is 0 Å². The van der Waals surface area contributed by atoms with Gasteiger partial charge in [0.25, 0.3) is 0 Å². The molecule has 0 aliphatic carbocycles. The van der Waals surface area contributed by atoms with E-state index < -0.39 is 0 Å². The minimum Gasteiger partial charge on any atom is -0.496 e. The van der Waals surface area contributed by atoms with Crippen molar-refractivity contribution in [2.45, 2.75) is 0 Å². The fourth-order valence-corrected chi connectivity index (χ4v) is 1.11. The molecule has 1 rings (SSSR count). The molecule has 0 atom stereocenters. The molecular weight excluding hydrogens is 184 g/mol. The van der Waals surface area contributed by atoms with Crippen molar-refractivity contribution >= 4 is 5.78 Å². The van der Waals surface area contributed by atoms with Crippen molar-refractivity contribution in [3.63, 3.8) is 0 Å². The molecule has 1 aromatic heterocycles. The van der Waals surface area contributed by atoms with Crippen LogP contribution in [0.2, 0.25) is 0 Å². The maximum Gasteiger partial charge on any atom is 0.227 e. The van der Waals surface area contributed by atoms with Gasteiger partial charge in [0.05, 0.1) is 20.8 Å². The summed E-state index contributed by atoms with van der Waals surface area (Å²) in [5.41, 5.74) is 5.55. The molecule has 0 saturated heterocycles. The number of nitrogens with zero attached hydrogens (tertiary/aromatic N) is 1. The van der Waals surface area contributed by atoms with Crippen molar-refractivity contribution < 1.29 is 14.3 Å². The molecule has 0 radical (unpaired) electrons. The van der Waals surface area contributed by atoms with Crippen molar-refractivity contribution in [1.82, 2.24) is 4.98 Å². The van der Waals surface area contributed by atoms with E-state index in [0.29, 0.717) is 11.3 Å². The SMILES string of the molecule is COc1ccnc(OC)c1C(=O)CN. The van der Waals surface area contributed by atoms with Crippen LogP contribution >= 0.6 is 0 Å². The first-order chi connectivity index (χ1) is 6.74. The van der Waals surface area contributed by atoms with E-state index in [4.69, 9.17) is 15.2 Å². The van der Waals surface area contributed by atoms with Crippen LogP contribution in [-0.2, 0) is 0 Å². The number of aromatic nitrogens is 1. The van der Waals surface area contributed by atoms with Crippen LogP contribution in [0.15, 0.2) is 12.3 Å². The van der Waals surface area contributed by atoms with Crippen LogP contribution in [-0.4, -0.2) is 31.5 Å². The van der Waals surface area contributed by atoms with Crippen molar-refractivity contribution in [2.24, 2.45) is 5.73 Å². The number of methoxy groups -OCH3 is 2. The summed E-state index contributed by atoms with van der Waals surface area (Å²) in [4.78, 5) is 15.3. The lowest BCUT2D eigenvalue weighted by molar-refractivity contribution is 0.0994. The maximum atomic E-state index is 11.4. The summed E-state index contributed by atoms with van der Waals surface area (Å²) in [5.74, 6) is 0.402. The lowest BCUT2D eigenvalue weighted by Crippen LogP contribution is -2.16. The fourth-order valence-electron chi connectivity index (χ4n) is 1.11. The molecule has 2 N–H and O–H groups in total. The van der Waals surface area contributed by atoms with Crippen LogP contribution in [0.3, 0.4) is 0 Å². The van der Waals surface area contributed by atoms with Gasteiger partial charge in [0.15, 0.2) is 5.78 Å². The Labute approximate surface area is 81.8 Å². The summed E-state index contributed by atoms with van der Waals surface area (Å²) in [6, 6.07) is 1.59. The Morgan fingerprint density at radius 2 is 2.21 bits per heavy atom. The smallest absolute Gasteiger partial charge is 0.227 e. The summed E-state index contributed by atoms with van der Waals surface area (Å²) < 4.78 is 9.96. The third-order valence-corrected chi connectivity index (χ3v) is 1.76. The summed E-state index contributed by atoms with van der Waals surface area (Å²) in [6.45, 7) is -0.0988. The van der Waals surface area contributed by atoms with Gasteiger partial charge in [0.1, 0.15) is 11.3 Å². The Morgan fingerprint density at radius 1 is 1.50 bits per heavy atom. The molecule has 0 amide bonds. The predicted molar refractivity (Wildman–Crippen MR) is 50.7 cm³/mol. The van der Waals surface area contributed by atoms with Crippen LogP contribution in [0.1, 0.15) is 10.4 Å². The molecule has 5 heteroatoms. The Kier molecular flexibility index (Phi) is 3.41. The fraction of sp³-hybridized carbons (Fsp3) is 0.333. The van der Waals surface area contributed by atoms with E-state index in [1.54, 1.807) is 6.07 Å². The van der Waals surface area contributed by atoms with Crippen molar-refractivity contribution in [1.29, 1.82) is 0 Å². The number of pyridine rings is 1. The molecule has 0 aromatic carbocycles. The number of carbonyl (C=O) groups excluding carboxylic acids is 1. The normalized spacial score (nSPS) is 9.64. The molecule has 1 aromatic rings. The van der Waals surface area contributed by atoms with Gasteiger partial charge in [-0.05, 0) is 6.07 Å². The van der Waals surface area contributed by atoms with Crippen LogP contribution in [0.4, 0.5) is 0 Å². The summed E-state index contributed by atoms with van der Waals surface area (Å²) in [5, 5.41) is 0. The standard InChI is InChI=1S/C9H12N2O3/c1-13-7-3-4-11-9(14-2)8(7)6(12)5-10/h3-4H,5,10H2,1-2H3. The quantitative estimate of drug-likeness (QED) is 0.698. The van der Waals surface area contributed by atoms with Gasteiger partial charge in [-0.15, -0.1) is 0 Å². The van der Waals surface area contributed by atoms with Crippen LogP contribution in [0.5, 0.6) is 11.6 Å². The predicted octanol–water partition coefficient (Wildman–Crippen LogP) is 0.240. The molecule has 0 spiro atoms. The number of hydrogen-bond acceptors (Lipinski definition) is 5. The second-order valence-electron chi connectivity index (χ2n) is 2.52. The lowest BCUT2D eigenvalue weighted by Gasteiger charge is -2.09. The molecule has 5 nitrogen and oxygen atoms in total. The second kappa shape index (κ2) is 4.57. The highest BCUT2D eigenvalue weighted by Gasteiger charge is 2.17. The van der Waals surface area contributed by atoms with Crippen molar-refractivity contribution in [3.8, 4) is 11.6 Å². The van der Waals surface area contributed by atoms with Gasteiger partial charge in [-0.1, -0.05) is 0 Å². The number of ether oxygens (including phenoxy) is 2. The van der Waals surface area contributed by atoms with Gasteiger partial charge in [0.2, 0.25) is 5.88 Å². The molecule has 0 fully saturated rings. The monoisotopic (exact) mass is 196 g/mol. The van der Waals surface area contributed by atoms with E-state index in [1.165, 1.54) is 20.4 Å². The third kappa shape index (κ3) is 1.82. The van der Waals surface area contributed by atoms with Gasteiger partial charge < -0.3 is 15.2 Å². The summed E-state index contributed by atoms with van der Waals surface area (Å²) >= 11 is 0. The first-order valence-corrected chi connectivity index (χ1v) is 4.04. The maximum absolute atomic E-state index is 11.4. The first kappa shape index (κ1) is 10.5. The molecule has 0 bridgehead atoms. The average molecular weight is 196 g/mol. The molecule has 76 valence electrons. The van der Waals surface area contributed by atoms with Gasteiger partial charge in [0, 0.05) is 6.20 Å². The van der Waals surface area contributed by atoms with E-state index in [1.807, 2.05) is 0 Å². The van der Waals surface area contributed by atoms with E-state index >= 15 is 0 Å². The van der Waals surface area contributed by atoms with E-state index in [2.05, 4.69) is 4.98 Å². The molecule has 0 saturated carbocycles. The Balaban J connectivity index is 3.25. The van der Waals surface area contributed by atoms with Crippen molar-refractivity contribution in [3.05, 3.63) is 17.8 Å². The van der Waals surface area contributed by atoms with Gasteiger partial charge in [-0.2, -0.15) is 0 Å². The zero-order chi connectivity index (χ0) is 10.6. The molecule has 1 heterocycles. The first-order valence-electron chi connectivity index (χ1n) is 4.04. The highest BCUT2D eigenvalue weighted by atomic mass is 16.5. The Morgan fingerprint density at radius 3 is 2.71 bits per heavy atom. The zero-order valence-corrected chi connectivity index (χ0v) is 8.11. The number of hydrogen-bond donors (Lipinski definition) is 1. The zero-order valence-electron chi connectivity index (χ0n) is 8.11. The number of ketones is 1. The molecule has 0 aliphatic heterocycles. The number of carbonyl (C=O) groups is 1. The topological polar surface area (TPSA) is 74.4 Å². The average Bonchev–Trinajstić information content (AvgIpc) is 2.26. The van der Waals surface area contributed by atoms with E-state index in [9.17, 15) is 4.79 Å². The third-order valence-electron chi connectivity index (χ3n) is 1.76. The highest BCUT2D eigenvalue weighted by Crippen LogP contribution is 2.25. The number of Topliss-reactive ketones (excluding diaryl/α,β-unsaturated/α-hetero) is 1. The largest absolute Gasteiger partial charge is 0.496 e. The van der Waals surface area contributed by atoms with Crippen molar-refractivity contribution in [2.75, 3.05) is 20.8 Å². The Hall–Kier alpha value is -1.62. The lowest BCUT2D eigenvalue weighted by atomic mass is 10.1. The number of rotatable bonds is 4. The van der Waals surface area contributed by atoms with Gasteiger partial charge in [-0.3, -0.25) is 4.79 Å². The summed E-state index contributed by atoms with van der Waals surface area (Å²) in [7, 11) is 2.91. The highest BCUT2D eigenvalue weighted by molar-refractivity contribution is 6.01. The molecule has 14 heavy (non-hydrogen) atoms. The van der Waals surface area contributed by atoms with Gasteiger partial charge in [-0.25, -0.2) is 4.98 Å². The molecule has 0 unspecified atom stereocenters. The Bertz CT molecular complexity index is 317. The summed E-state index contributed by atoms with van der Waals surface area (Å²) in [6.07, 6.45) is 1.50. The minimum absolute atomic E-state index is 0.0988. The number of nitrogens with two attached hydrogens (primary N) is 1. The molecule has 0 aliphatic rings. The molecular formula is C9H12N2O3. The minimum atomic E-state index is -0.258. The van der Waals surface area contributed by atoms with Gasteiger partial charge >= 0.3 is 0 Å². The van der Waals surface area contributed by atoms with Crippen LogP contribution in [0, 0.1) is 0 Å². The van der Waals surface area contributed by atoms with Crippen LogP contribution < -0.4 is 15.2 Å². The van der Waals surface area contributed by atoms with E-state index in [-0.39, 0.29) is 18.2 Å². The van der Waals surface area contributed by atoms with E-state index in [0.717, 1.165) is 0 Å². The second-order valence-corrected chi connectivity index (χ2v) is 2.52.